The molecule has 0 heterocycles. The zero-order valence-corrected chi connectivity index (χ0v) is 11.4. The van der Waals surface area contributed by atoms with Gasteiger partial charge < -0.3 is 10.1 Å². The third kappa shape index (κ3) is 3.69. The van der Waals surface area contributed by atoms with Crippen LogP contribution in [-0.4, -0.2) is 7.11 Å². The van der Waals surface area contributed by atoms with Crippen molar-refractivity contribution in [1.82, 2.24) is 5.32 Å². The third-order valence-electron chi connectivity index (χ3n) is 2.82. The molecule has 2 aromatic rings. The fourth-order valence-corrected chi connectivity index (χ4v) is 1.92. The van der Waals surface area contributed by atoms with E-state index in [1.165, 1.54) is 7.11 Å². The third-order valence-corrected chi connectivity index (χ3v) is 3.07. The van der Waals surface area contributed by atoms with Crippen LogP contribution in [0.2, 0.25) is 5.02 Å². The van der Waals surface area contributed by atoms with E-state index in [1.807, 2.05) is 24.3 Å². The molecular weight excluding hydrogens is 265 g/mol. The van der Waals surface area contributed by atoms with Gasteiger partial charge in [-0.1, -0.05) is 35.9 Å². The zero-order valence-electron chi connectivity index (χ0n) is 10.6. The maximum Gasteiger partial charge on any atom is 0.169 e. The standard InChI is InChI=1S/C15H15ClFNO/c1-19-14-4-2-3-12(15(14)17)10-18-9-11-5-7-13(16)8-6-11/h2-8,18H,9-10H2,1H3. The Morgan fingerprint density at radius 3 is 2.53 bits per heavy atom. The smallest absolute Gasteiger partial charge is 0.169 e. The Morgan fingerprint density at radius 2 is 1.84 bits per heavy atom. The first-order chi connectivity index (χ1) is 9.20. The molecule has 0 unspecified atom stereocenters. The van der Waals surface area contributed by atoms with Crippen LogP contribution in [0.3, 0.4) is 0 Å². The number of nitrogens with one attached hydrogen (secondary N) is 1. The first kappa shape index (κ1) is 13.8. The van der Waals surface area contributed by atoms with Crippen molar-refractivity contribution in [1.29, 1.82) is 0 Å². The summed E-state index contributed by atoms with van der Waals surface area (Å²) >= 11 is 5.81. The van der Waals surface area contributed by atoms with Crippen molar-refractivity contribution < 1.29 is 9.13 Å². The van der Waals surface area contributed by atoms with E-state index in [4.69, 9.17) is 16.3 Å². The number of halogens is 2. The van der Waals surface area contributed by atoms with Crippen molar-refractivity contribution in [2.45, 2.75) is 13.1 Å². The zero-order chi connectivity index (χ0) is 13.7. The second-order valence-corrected chi connectivity index (χ2v) is 4.60. The van der Waals surface area contributed by atoms with Gasteiger partial charge >= 0.3 is 0 Å². The molecule has 1 N–H and O–H groups in total. The highest BCUT2D eigenvalue weighted by Gasteiger charge is 2.07. The molecule has 2 nitrogen and oxygen atoms in total. The highest BCUT2D eigenvalue weighted by Crippen LogP contribution is 2.19. The summed E-state index contributed by atoms with van der Waals surface area (Å²) in [6, 6.07) is 12.7. The number of hydrogen-bond donors (Lipinski definition) is 1. The molecule has 0 radical (unpaired) electrons. The molecule has 4 heteroatoms. The second-order valence-electron chi connectivity index (χ2n) is 4.16. The molecule has 0 saturated heterocycles. The summed E-state index contributed by atoms with van der Waals surface area (Å²) in [6.07, 6.45) is 0. The van der Waals surface area contributed by atoms with Crippen molar-refractivity contribution in [3.05, 3.63) is 64.4 Å². The van der Waals surface area contributed by atoms with Crippen LogP contribution in [0.4, 0.5) is 4.39 Å². The van der Waals surface area contributed by atoms with Gasteiger partial charge in [0.05, 0.1) is 7.11 Å². The average molecular weight is 280 g/mol. The first-order valence-corrected chi connectivity index (χ1v) is 6.35. The minimum atomic E-state index is -0.311. The van der Waals surface area contributed by atoms with Gasteiger partial charge in [0.2, 0.25) is 0 Å². The van der Waals surface area contributed by atoms with Gasteiger partial charge in [0.25, 0.3) is 0 Å². The van der Waals surface area contributed by atoms with Crippen LogP contribution in [0.25, 0.3) is 0 Å². The van der Waals surface area contributed by atoms with Crippen LogP contribution in [-0.2, 0) is 13.1 Å². The van der Waals surface area contributed by atoms with Crippen LogP contribution >= 0.6 is 11.6 Å². The minimum absolute atomic E-state index is 0.269. The molecule has 0 atom stereocenters. The van der Waals surface area contributed by atoms with Crippen molar-refractivity contribution in [2.75, 3.05) is 7.11 Å². The van der Waals surface area contributed by atoms with E-state index in [0.29, 0.717) is 23.7 Å². The highest BCUT2D eigenvalue weighted by atomic mass is 35.5. The number of rotatable bonds is 5. The fraction of sp³-hybridized carbons (Fsp3) is 0.200. The van der Waals surface area contributed by atoms with Gasteiger partial charge in [-0.2, -0.15) is 0 Å². The molecule has 100 valence electrons. The van der Waals surface area contributed by atoms with Crippen LogP contribution in [0.5, 0.6) is 5.75 Å². The van der Waals surface area contributed by atoms with Crippen molar-refractivity contribution >= 4 is 11.6 Å². The van der Waals surface area contributed by atoms with Gasteiger partial charge in [-0.3, -0.25) is 0 Å². The lowest BCUT2D eigenvalue weighted by molar-refractivity contribution is 0.383. The Kier molecular flexibility index (Phi) is 4.77. The lowest BCUT2D eigenvalue weighted by Gasteiger charge is -2.09. The summed E-state index contributed by atoms with van der Waals surface area (Å²) in [5.74, 6) is -0.0422. The van der Waals surface area contributed by atoms with E-state index >= 15 is 0 Å². The summed E-state index contributed by atoms with van der Waals surface area (Å²) in [5, 5.41) is 3.90. The predicted molar refractivity (Wildman–Crippen MR) is 74.9 cm³/mol. The Morgan fingerprint density at radius 1 is 1.11 bits per heavy atom. The molecule has 0 bridgehead atoms. The van der Waals surface area contributed by atoms with Crippen LogP contribution in [0, 0.1) is 5.82 Å². The monoisotopic (exact) mass is 279 g/mol. The van der Waals surface area contributed by atoms with E-state index in [2.05, 4.69) is 5.32 Å². The molecule has 0 spiro atoms. The topological polar surface area (TPSA) is 21.3 Å². The maximum absolute atomic E-state index is 13.9. The van der Waals surface area contributed by atoms with Gasteiger partial charge in [0.15, 0.2) is 11.6 Å². The van der Waals surface area contributed by atoms with Gasteiger partial charge in [-0.15, -0.1) is 0 Å². The number of benzene rings is 2. The molecule has 2 aromatic carbocycles. The maximum atomic E-state index is 13.9. The molecule has 19 heavy (non-hydrogen) atoms. The molecule has 0 saturated carbocycles. The number of hydrogen-bond acceptors (Lipinski definition) is 2. The molecule has 0 aliphatic heterocycles. The lowest BCUT2D eigenvalue weighted by atomic mass is 10.2. The summed E-state index contributed by atoms with van der Waals surface area (Å²) < 4.78 is 18.8. The predicted octanol–water partition coefficient (Wildman–Crippen LogP) is 3.78. The molecular formula is C15H15ClFNO. The minimum Gasteiger partial charge on any atom is -0.494 e. The van der Waals surface area contributed by atoms with Crippen LogP contribution < -0.4 is 10.1 Å². The van der Waals surface area contributed by atoms with Gasteiger partial charge in [0.1, 0.15) is 0 Å². The molecule has 0 aromatic heterocycles. The lowest BCUT2D eigenvalue weighted by Crippen LogP contribution is -2.13. The highest BCUT2D eigenvalue weighted by molar-refractivity contribution is 6.30. The summed E-state index contributed by atoms with van der Waals surface area (Å²) in [6.45, 7) is 1.11. The Labute approximate surface area is 117 Å². The molecule has 0 amide bonds. The largest absolute Gasteiger partial charge is 0.494 e. The summed E-state index contributed by atoms with van der Waals surface area (Å²) in [5.41, 5.74) is 1.70. The van der Waals surface area contributed by atoms with E-state index < -0.39 is 0 Å². The number of methoxy groups -OCH3 is 1. The Hall–Kier alpha value is -1.58. The SMILES string of the molecule is COc1cccc(CNCc2ccc(Cl)cc2)c1F. The van der Waals surface area contributed by atoms with E-state index in [0.717, 1.165) is 5.56 Å². The molecule has 0 fully saturated rings. The molecule has 0 aliphatic rings. The van der Waals surface area contributed by atoms with Gasteiger partial charge in [0, 0.05) is 23.7 Å². The first-order valence-electron chi connectivity index (χ1n) is 5.97. The summed E-state index contributed by atoms with van der Waals surface area (Å²) in [7, 11) is 1.46. The number of ether oxygens (including phenoxy) is 1. The quantitative estimate of drug-likeness (QED) is 0.899. The molecule has 0 aliphatic carbocycles. The van der Waals surface area contributed by atoms with Crippen molar-refractivity contribution in [3.63, 3.8) is 0 Å². The summed E-state index contributed by atoms with van der Waals surface area (Å²) in [4.78, 5) is 0. The van der Waals surface area contributed by atoms with Gasteiger partial charge in [-0.05, 0) is 23.8 Å². The average Bonchev–Trinajstić information content (AvgIpc) is 2.43. The van der Waals surface area contributed by atoms with Gasteiger partial charge in [-0.25, -0.2) is 4.39 Å². The Balaban J connectivity index is 1.94. The Bertz CT molecular complexity index is 542. The van der Waals surface area contributed by atoms with Crippen molar-refractivity contribution in [2.24, 2.45) is 0 Å². The van der Waals surface area contributed by atoms with Crippen LogP contribution in [0.15, 0.2) is 42.5 Å². The van der Waals surface area contributed by atoms with Crippen molar-refractivity contribution in [3.8, 4) is 5.75 Å². The van der Waals surface area contributed by atoms with E-state index in [1.54, 1.807) is 18.2 Å². The van der Waals surface area contributed by atoms with Crippen LogP contribution in [0.1, 0.15) is 11.1 Å². The van der Waals surface area contributed by atoms with E-state index in [-0.39, 0.29) is 11.6 Å². The normalized spacial score (nSPS) is 10.5. The van der Waals surface area contributed by atoms with E-state index in [9.17, 15) is 4.39 Å². The molecule has 2 rings (SSSR count). The second kappa shape index (κ2) is 6.55. The fourth-order valence-electron chi connectivity index (χ4n) is 1.79.